The van der Waals surface area contributed by atoms with Gasteiger partial charge in [0.2, 0.25) is 5.91 Å². The number of aromatic nitrogens is 1. The van der Waals surface area contributed by atoms with Crippen LogP contribution < -0.4 is 11.1 Å². The third kappa shape index (κ3) is 10.8. The second-order valence-electron chi connectivity index (χ2n) is 8.26. The zero-order valence-electron chi connectivity index (χ0n) is 18.6. The van der Waals surface area contributed by atoms with Crippen molar-refractivity contribution in [3.63, 3.8) is 0 Å². The Morgan fingerprint density at radius 3 is 2.58 bits per heavy atom. The van der Waals surface area contributed by atoms with Crippen LogP contribution in [0.3, 0.4) is 0 Å². The van der Waals surface area contributed by atoms with Crippen LogP contribution in [0, 0.1) is 5.92 Å². The lowest BCUT2D eigenvalue weighted by molar-refractivity contribution is -0.150. The quantitative estimate of drug-likeness (QED) is 0.287. The molecule has 0 aliphatic carbocycles. The summed E-state index contributed by atoms with van der Waals surface area (Å²) in [5, 5.41) is 4.86. The topological polar surface area (TPSA) is 121 Å². The molecule has 3 N–H and O–H groups in total. The van der Waals surface area contributed by atoms with Gasteiger partial charge in [-0.1, -0.05) is 19.9 Å². The van der Waals surface area contributed by atoms with Gasteiger partial charge >= 0.3 is 11.9 Å². The minimum absolute atomic E-state index is 0.0698. The fraction of sp³-hybridized carbons (Fsp3) is 0.619. The number of nitrogens with one attached hydrogen (secondary N) is 1. The lowest BCUT2D eigenvalue weighted by atomic mass is 10.1. The lowest BCUT2D eigenvalue weighted by Gasteiger charge is -2.19. The van der Waals surface area contributed by atoms with Gasteiger partial charge in [0.05, 0.1) is 13.0 Å². The summed E-state index contributed by atoms with van der Waals surface area (Å²) in [6.07, 6.45) is 3.15. The monoisotopic (exact) mass is 473 g/mol. The molecule has 0 fully saturated rings. The van der Waals surface area contributed by atoms with Crippen LogP contribution in [-0.4, -0.2) is 46.5 Å². The zero-order chi connectivity index (χ0) is 23.6. The van der Waals surface area contributed by atoms with Crippen LogP contribution in [0.4, 0.5) is 0 Å². The van der Waals surface area contributed by atoms with Crippen LogP contribution in [0.15, 0.2) is 17.5 Å². The predicted octanol–water partition coefficient (Wildman–Crippen LogP) is 3.18. The number of thiazole rings is 1. The smallest absolute Gasteiger partial charge is 0.358 e. The number of alkyl halides is 1. The molecule has 1 rings (SSSR count). The number of rotatable bonds is 11. The first kappa shape index (κ1) is 27.1. The van der Waals surface area contributed by atoms with Gasteiger partial charge < -0.3 is 20.5 Å². The second kappa shape index (κ2) is 12.8. The van der Waals surface area contributed by atoms with E-state index in [-0.39, 0.29) is 30.5 Å². The Hall–Kier alpha value is -1.97. The van der Waals surface area contributed by atoms with Gasteiger partial charge in [-0.15, -0.1) is 22.9 Å². The number of hydrogen-bond acceptors (Lipinski definition) is 8. The number of carbonyl (C=O) groups excluding carboxylic acids is 3. The number of nitrogens with two attached hydrogens (primary N) is 1. The summed E-state index contributed by atoms with van der Waals surface area (Å²) in [6, 6.07) is -0.770. The van der Waals surface area contributed by atoms with Gasteiger partial charge in [0, 0.05) is 11.3 Å². The predicted molar refractivity (Wildman–Crippen MR) is 121 cm³/mol. The van der Waals surface area contributed by atoms with E-state index in [4.69, 9.17) is 26.8 Å². The summed E-state index contributed by atoms with van der Waals surface area (Å²) in [7, 11) is 0. The largest absolute Gasteiger partial charge is 0.456 e. The van der Waals surface area contributed by atoms with Crippen LogP contribution in [0.5, 0.6) is 0 Å². The molecule has 0 saturated carbocycles. The Balaban J connectivity index is 2.65. The Kier molecular flexibility index (Phi) is 11.2. The van der Waals surface area contributed by atoms with E-state index in [2.05, 4.69) is 10.3 Å². The molecule has 0 bridgehead atoms. The average molecular weight is 474 g/mol. The number of allylic oxidation sites excluding steroid dienone is 1. The molecule has 0 aliphatic heterocycles. The van der Waals surface area contributed by atoms with Crippen LogP contribution in [-0.2, 0) is 25.6 Å². The van der Waals surface area contributed by atoms with Crippen molar-refractivity contribution in [1.82, 2.24) is 10.3 Å². The minimum atomic E-state index is -0.770. The van der Waals surface area contributed by atoms with E-state index in [1.807, 2.05) is 13.8 Å². The molecule has 0 saturated heterocycles. The maximum absolute atomic E-state index is 12.4. The highest BCUT2D eigenvalue weighted by molar-refractivity contribution is 7.09. The lowest BCUT2D eigenvalue weighted by Crippen LogP contribution is -2.39. The van der Waals surface area contributed by atoms with Crippen molar-refractivity contribution in [3.05, 3.63) is 28.2 Å². The van der Waals surface area contributed by atoms with Crippen molar-refractivity contribution in [2.24, 2.45) is 11.7 Å². The summed E-state index contributed by atoms with van der Waals surface area (Å²) in [5.41, 5.74) is 5.41. The van der Waals surface area contributed by atoms with Gasteiger partial charge in [-0.05, 0) is 39.2 Å². The highest BCUT2D eigenvalue weighted by atomic mass is 35.5. The van der Waals surface area contributed by atoms with Gasteiger partial charge in [0.25, 0.3) is 0 Å². The summed E-state index contributed by atoms with van der Waals surface area (Å²) in [4.78, 5) is 40.8. The molecular formula is C21H32ClN3O5S. The summed E-state index contributed by atoms with van der Waals surface area (Å²) in [6.45, 7) is 9.10. The van der Waals surface area contributed by atoms with Crippen LogP contribution in [0.25, 0.3) is 0 Å². The molecule has 2 unspecified atom stereocenters. The highest BCUT2D eigenvalue weighted by Crippen LogP contribution is 2.15. The minimum Gasteiger partial charge on any atom is -0.456 e. The third-order valence-electron chi connectivity index (χ3n) is 3.87. The van der Waals surface area contributed by atoms with Crippen LogP contribution in [0.1, 0.15) is 63.0 Å². The molecule has 8 nitrogen and oxygen atoms in total. The SMILES string of the molecule is CC(C)C(N)C(=O)OC(C=CCCCl)CC(=O)NCc1nc(C(=O)OC(C)(C)C)cs1. The second-order valence-corrected chi connectivity index (χ2v) is 9.58. The molecule has 31 heavy (non-hydrogen) atoms. The van der Waals surface area contributed by atoms with E-state index in [1.54, 1.807) is 38.3 Å². The van der Waals surface area contributed by atoms with Gasteiger partial charge in [-0.2, -0.15) is 0 Å². The van der Waals surface area contributed by atoms with E-state index < -0.39 is 29.7 Å². The fourth-order valence-corrected chi connectivity index (χ4v) is 3.03. The Labute approximate surface area is 192 Å². The molecule has 0 radical (unpaired) electrons. The molecule has 10 heteroatoms. The first-order chi connectivity index (χ1) is 14.4. The van der Waals surface area contributed by atoms with E-state index in [0.717, 1.165) is 0 Å². The average Bonchev–Trinajstić information content (AvgIpc) is 3.13. The first-order valence-electron chi connectivity index (χ1n) is 10.1. The number of esters is 2. The Morgan fingerprint density at radius 2 is 2.00 bits per heavy atom. The molecule has 1 aromatic heterocycles. The Morgan fingerprint density at radius 1 is 1.32 bits per heavy atom. The molecular weight excluding hydrogens is 442 g/mol. The molecule has 2 atom stereocenters. The number of halogens is 1. The number of hydrogen-bond donors (Lipinski definition) is 2. The van der Waals surface area contributed by atoms with E-state index >= 15 is 0 Å². The zero-order valence-corrected chi connectivity index (χ0v) is 20.2. The van der Waals surface area contributed by atoms with Gasteiger partial charge in [0.15, 0.2) is 5.69 Å². The summed E-state index contributed by atoms with van der Waals surface area (Å²) >= 11 is 6.91. The number of ether oxygens (including phenoxy) is 2. The van der Waals surface area contributed by atoms with Crippen LogP contribution >= 0.6 is 22.9 Å². The van der Waals surface area contributed by atoms with Gasteiger partial charge in [0.1, 0.15) is 22.8 Å². The maximum atomic E-state index is 12.4. The standard InChI is InChI=1S/C21H32ClN3O5S/c1-13(2)18(23)20(28)29-14(8-6-7-9-22)10-16(26)24-11-17-25-15(12-31-17)19(27)30-21(3,4)5/h6,8,12-14,18H,7,9-11,23H2,1-5H3,(H,24,26). The van der Waals surface area contributed by atoms with Crippen molar-refractivity contribution in [2.75, 3.05) is 5.88 Å². The van der Waals surface area contributed by atoms with Crippen molar-refractivity contribution >= 4 is 40.8 Å². The van der Waals surface area contributed by atoms with Crippen LogP contribution in [0.2, 0.25) is 0 Å². The third-order valence-corrected chi connectivity index (χ3v) is 4.93. The van der Waals surface area contributed by atoms with Gasteiger partial charge in [-0.25, -0.2) is 9.78 Å². The molecule has 174 valence electrons. The fourth-order valence-electron chi connectivity index (χ4n) is 2.21. The first-order valence-corrected chi connectivity index (χ1v) is 11.5. The maximum Gasteiger partial charge on any atom is 0.358 e. The normalized spacial score (nSPS) is 13.8. The molecule has 0 aromatic carbocycles. The van der Waals surface area contributed by atoms with Crippen molar-refractivity contribution in [2.45, 2.75) is 71.8 Å². The van der Waals surface area contributed by atoms with Crippen molar-refractivity contribution in [3.8, 4) is 0 Å². The van der Waals surface area contributed by atoms with Crippen molar-refractivity contribution in [1.29, 1.82) is 0 Å². The molecule has 0 aliphatic rings. The number of nitrogens with zero attached hydrogens (tertiary/aromatic N) is 1. The van der Waals surface area contributed by atoms with E-state index in [0.29, 0.717) is 17.3 Å². The number of amides is 1. The highest BCUT2D eigenvalue weighted by Gasteiger charge is 2.24. The number of carbonyl (C=O) groups is 3. The van der Waals surface area contributed by atoms with Crippen molar-refractivity contribution < 1.29 is 23.9 Å². The van der Waals surface area contributed by atoms with E-state index in [9.17, 15) is 14.4 Å². The summed E-state index contributed by atoms with van der Waals surface area (Å²) < 4.78 is 10.7. The van der Waals surface area contributed by atoms with E-state index in [1.165, 1.54) is 11.3 Å². The Bertz CT molecular complexity index is 773. The molecule has 0 spiro atoms. The molecule has 1 amide bonds. The van der Waals surface area contributed by atoms with Gasteiger partial charge in [-0.3, -0.25) is 9.59 Å². The summed E-state index contributed by atoms with van der Waals surface area (Å²) in [5.74, 6) is -1.08. The molecule has 1 aromatic rings. The molecule has 1 heterocycles.